The van der Waals surface area contributed by atoms with Gasteiger partial charge in [-0.2, -0.15) is 0 Å². The van der Waals surface area contributed by atoms with Crippen molar-refractivity contribution in [3.8, 4) is 11.6 Å². The quantitative estimate of drug-likeness (QED) is 0.646. The van der Waals surface area contributed by atoms with Crippen LogP contribution in [0.5, 0.6) is 11.6 Å². The minimum atomic E-state index is 0.0742. The molecule has 0 saturated carbocycles. The van der Waals surface area contributed by atoms with Gasteiger partial charge in [0.25, 0.3) is 0 Å². The zero-order chi connectivity index (χ0) is 22.4. The first-order valence-electron chi connectivity index (χ1n) is 11.4. The highest BCUT2D eigenvalue weighted by Gasteiger charge is 2.35. The molecule has 0 aliphatic carbocycles. The molecule has 7 heteroatoms. The summed E-state index contributed by atoms with van der Waals surface area (Å²) in [6.45, 7) is 10.1. The monoisotopic (exact) mass is 425 g/mol. The summed E-state index contributed by atoms with van der Waals surface area (Å²) in [6, 6.07) is 4.60. The van der Waals surface area contributed by atoms with Crippen molar-refractivity contribution < 1.29 is 9.53 Å². The Morgan fingerprint density at radius 3 is 2.71 bits per heavy atom. The Morgan fingerprint density at radius 1 is 1.23 bits per heavy atom. The van der Waals surface area contributed by atoms with Crippen molar-refractivity contribution in [2.75, 3.05) is 0 Å². The Morgan fingerprint density at radius 2 is 2.00 bits per heavy atom. The summed E-state index contributed by atoms with van der Waals surface area (Å²) in [6.07, 6.45) is 9.25. The van der Waals surface area contributed by atoms with E-state index >= 15 is 0 Å². The van der Waals surface area contributed by atoms with Crippen molar-refractivity contribution in [2.45, 2.75) is 91.3 Å². The fraction of sp³-hybridized carbons (Fsp3) is 0.583. The number of aromatic nitrogens is 3. The van der Waals surface area contributed by atoms with Crippen molar-refractivity contribution in [2.24, 2.45) is 0 Å². The fourth-order valence-electron chi connectivity index (χ4n) is 4.31. The van der Waals surface area contributed by atoms with Crippen LogP contribution < -0.4 is 10.1 Å². The van der Waals surface area contributed by atoms with Crippen LogP contribution in [-0.2, 0) is 6.42 Å². The summed E-state index contributed by atoms with van der Waals surface area (Å²) in [5.41, 5.74) is 2.78. The molecule has 0 radical (unpaired) electrons. The van der Waals surface area contributed by atoms with E-state index in [4.69, 9.17) is 4.74 Å². The van der Waals surface area contributed by atoms with Crippen molar-refractivity contribution in [3.63, 3.8) is 0 Å². The number of hydrogen-bond donors (Lipinski definition) is 1. The van der Waals surface area contributed by atoms with Gasteiger partial charge >= 0.3 is 6.03 Å². The van der Waals surface area contributed by atoms with E-state index in [1.165, 1.54) is 0 Å². The standard InChI is InChI=1S/C24H35N5O2/c1-6-19-12-13-20(29(19)24(30)28-16(2)3)9-7-10-21-17(4)23(27-15-26-21)31-22-11-8-14-25-18(22)5/h8,11,14-16,19-20H,6-7,9-10,12-13H2,1-5H3,(H,28,30). The first-order valence-corrected chi connectivity index (χ1v) is 11.4. The molecule has 168 valence electrons. The largest absolute Gasteiger partial charge is 0.437 e. The van der Waals surface area contributed by atoms with E-state index in [0.717, 1.165) is 55.5 Å². The number of ether oxygens (including phenoxy) is 1. The molecule has 2 aromatic rings. The van der Waals surface area contributed by atoms with Gasteiger partial charge in [-0.25, -0.2) is 14.8 Å². The third kappa shape index (κ3) is 5.71. The number of likely N-dealkylation sites (tertiary alicyclic amines) is 1. The lowest BCUT2D eigenvalue weighted by Crippen LogP contribution is -2.48. The number of hydrogen-bond acceptors (Lipinski definition) is 5. The Balaban J connectivity index is 1.62. The maximum atomic E-state index is 12.7. The van der Waals surface area contributed by atoms with Crippen LogP contribution in [0.1, 0.15) is 69.8 Å². The molecule has 1 aliphatic heterocycles. The molecule has 3 rings (SSSR count). The Hall–Kier alpha value is -2.70. The molecule has 0 spiro atoms. The van der Waals surface area contributed by atoms with Crippen LogP contribution in [0.2, 0.25) is 0 Å². The lowest BCUT2D eigenvalue weighted by molar-refractivity contribution is 0.164. The second-order valence-corrected chi connectivity index (χ2v) is 8.64. The van der Waals surface area contributed by atoms with Gasteiger partial charge in [-0.15, -0.1) is 0 Å². The molecule has 0 bridgehead atoms. The zero-order valence-corrected chi connectivity index (χ0v) is 19.4. The summed E-state index contributed by atoms with van der Waals surface area (Å²) < 4.78 is 6.00. The van der Waals surface area contributed by atoms with Gasteiger partial charge in [-0.1, -0.05) is 6.92 Å². The van der Waals surface area contributed by atoms with E-state index in [1.54, 1.807) is 12.5 Å². The summed E-state index contributed by atoms with van der Waals surface area (Å²) in [7, 11) is 0. The molecular weight excluding hydrogens is 390 g/mol. The SMILES string of the molecule is CCC1CCC(CCCc2ncnc(Oc3cccnc3C)c2C)N1C(=O)NC(C)C. The normalized spacial score (nSPS) is 18.5. The molecule has 31 heavy (non-hydrogen) atoms. The van der Waals surface area contributed by atoms with Crippen LogP contribution in [0, 0.1) is 13.8 Å². The molecule has 2 atom stereocenters. The van der Waals surface area contributed by atoms with Crippen LogP contribution >= 0.6 is 0 Å². The second-order valence-electron chi connectivity index (χ2n) is 8.64. The highest BCUT2D eigenvalue weighted by atomic mass is 16.5. The maximum absolute atomic E-state index is 12.7. The Kier molecular flexibility index (Phi) is 7.82. The lowest BCUT2D eigenvalue weighted by Gasteiger charge is -2.31. The number of carbonyl (C=O) groups is 1. The number of pyridine rings is 1. The van der Waals surface area contributed by atoms with E-state index in [-0.39, 0.29) is 12.1 Å². The summed E-state index contributed by atoms with van der Waals surface area (Å²) >= 11 is 0. The molecule has 1 fully saturated rings. The second kappa shape index (κ2) is 10.6. The van der Waals surface area contributed by atoms with Crippen LogP contribution in [0.25, 0.3) is 0 Å². The van der Waals surface area contributed by atoms with Gasteiger partial charge in [0.1, 0.15) is 6.33 Å². The van der Waals surface area contributed by atoms with Crippen LogP contribution in [0.15, 0.2) is 24.7 Å². The topological polar surface area (TPSA) is 80.2 Å². The summed E-state index contributed by atoms with van der Waals surface area (Å²) in [4.78, 5) is 27.9. The molecule has 3 heterocycles. The lowest BCUT2D eigenvalue weighted by atomic mass is 10.0. The summed E-state index contributed by atoms with van der Waals surface area (Å²) in [5.74, 6) is 1.28. The molecule has 0 aromatic carbocycles. The fourth-order valence-corrected chi connectivity index (χ4v) is 4.31. The Bertz CT molecular complexity index is 886. The third-order valence-corrected chi connectivity index (χ3v) is 6.00. The van der Waals surface area contributed by atoms with Crippen LogP contribution in [-0.4, -0.2) is 44.0 Å². The van der Waals surface area contributed by atoms with Gasteiger partial charge in [-0.3, -0.25) is 4.98 Å². The predicted octanol–water partition coefficient (Wildman–Crippen LogP) is 4.96. The molecule has 1 aliphatic rings. The molecule has 1 N–H and O–H groups in total. The van der Waals surface area contributed by atoms with Crippen molar-refractivity contribution >= 4 is 6.03 Å². The van der Waals surface area contributed by atoms with E-state index in [0.29, 0.717) is 23.7 Å². The van der Waals surface area contributed by atoms with E-state index in [9.17, 15) is 4.79 Å². The molecule has 2 unspecified atom stereocenters. The number of amides is 2. The number of aryl methyl sites for hydroxylation is 2. The van der Waals surface area contributed by atoms with Crippen molar-refractivity contribution in [3.05, 3.63) is 41.6 Å². The van der Waals surface area contributed by atoms with E-state index < -0.39 is 0 Å². The Labute approximate surface area is 185 Å². The number of nitrogens with zero attached hydrogens (tertiary/aromatic N) is 4. The smallest absolute Gasteiger partial charge is 0.318 e. The zero-order valence-electron chi connectivity index (χ0n) is 19.4. The number of carbonyl (C=O) groups excluding carboxylic acids is 1. The molecule has 7 nitrogen and oxygen atoms in total. The van der Waals surface area contributed by atoms with E-state index in [2.05, 4.69) is 32.1 Å². The molecule has 2 aromatic heterocycles. The average molecular weight is 426 g/mol. The van der Waals surface area contributed by atoms with Crippen molar-refractivity contribution in [1.82, 2.24) is 25.2 Å². The van der Waals surface area contributed by atoms with Crippen LogP contribution in [0.3, 0.4) is 0 Å². The first-order chi connectivity index (χ1) is 14.9. The highest BCUT2D eigenvalue weighted by Crippen LogP contribution is 2.30. The molecule has 2 amide bonds. The molecular formula is C24H35N5O2. The maximum Gasteiger partial charge on any atom is 0.318 e. The number of rotatable bonds is 8. The van der Waals surface area contributed by atoms with Gasteiger partial charge in [0.2, 0.25) is 5.88 Å². The van der Waals surface area contributed by atoms with Gasteiger partial charge in [0, 0.05) is 29.9 Å². The van der Waals surface area contributed by atoms with E-state index in [1.807, 2.05) is 39.8 Å². The van der Waals surface area contributed by atoms with Crippen molar-refractivity contribution in [1.29, 1.82) is 0 Å². The van der Waals surface area contributed by atoms with Crippen LogP contribution in [0.4, 0.5) is 4.79 Å². The average Bonchev–Trinajstić information content (AvgIpc) is 3.15. The number of nitrogens with one attached hydrogen (secondary N) is 1. The summed E-state index contributed by atoms with van der Waals surface area (Å²) in [5, 5.41) is 3.08. The number of urea groups is 1. The van der Waals surface area contributed by atoms with Gasteiger partial charge in [0.15, 0.2) is 5.75 Å². The van der Waals surface area contributed by atoms with Gasteiger partial charge in [0.05, 0.1) is 11.4 Å². The third-order valence-electron chi connectivity index (χ3n) is 6.00. The first kappa shape index (κ1) is 23.0. The van der Waals surface area contributed by atoms with Gasteiger partial charge in [-0.05, 0) is 78.4 Å². The molecule has 1 saturated heterocycles. The minimum Gasteiger partial charge on any atom is -0.437 e. The minimum absolute atomic E-state index is 0.0742. The predicted molar refractivity (Wildman–Crippen MR) is 121 cm³/mol. The van der Waals surface area contributed by atoms with Gasteiger partial charge < -0.3 is 15.0 Å². The highest BCUT2D eigenvalue weighted by molar-refractivity contribution is 5.75.